The van der Waals surface area contributed by atoms with Gasteiger partial charge in [0.1, 0.15) is 5.75 Å². The maximum Gasteiger partial charge on any atom is 0.246 e. The molecule has 9 heteroatoms. The van der Waals surface area contributed by atoms with Crippen LogP contribution in [0.2, 0.25) is 5.02 Å². The zero-order valence-electron chi connectivity index (χ0n) is 16.2. The molecule has 2 aromatic carbocycles. The van der Waals surface area contributed by atoms with Gasteiger partial charge in [0.05, 0.1) is 13.2 Å². The summed E-state index contributed by atoms with van der Waals surface area (Å²) >= 11 is 5.90. The van der Waals surface area contributed by atoms with Crippen LogP contribution in [0.25, 0.3) is 11.4 Å². The molecule has 0 aliphatic rings. The van der Waals surface area contributed by atoms with Gasteiger partial charge in [0.15, 0.2) is 5.96 Å². The van der Waals surface area contributed by atoms with Crippen molar-refractivity contribution >= 4 is 41.5 Å². The number of para-hydroxylation sites is 1. The Morgan fingerprint density at radius 2 is 1.83 bits per heavy atom. The first kappa shape index (κ1) is 23.0. The third-order valence-electron chi connectivity index (χ3n) is 3.92. The predicted molar refractivity (Wildman–Crippen MR) is 125 cm³/mol. The molecule has 0 atom stereocenters. The molecular weight excluding hydrogens is 505 g/mol. The summed E-state index contributed by atoms with van der Waals surface area (Å²) in [6.45, 7) is 3.52. The molecule has 154 valence electrons. The summed E-state index contributed by atoms with van der Waals surface area (Å²) in [5, 5.41) is 11.1. The quantitative estimate of drug-likeness (QED) is 0.271. The van der Waals surface area contributed by atoms with Crippen LogP contribution in [-0.4, -0.2) is 29.8 Å². The lowest BCUT2D eigenvalue weighted by Crippen LogP contribution is -2.36. The summed E-state index contributed by atoms with van der Waals surface area (Å²) in [6.07, 6.45) is 0. The molecular formula is C20H23ClIN5O2. The minimum atomic E-state index is 0. The van der Waals surface area contributed by atoms with E-state index in [0.29, 0.717) is 42.4 Å². The van der Waals surface area contributed by atoms with Crippen LogP contribution in [0.15, 0.2) is 58.0 Å². The number of nitrogens with zero attached hydrogens (tertiary/aromatic N) is 3. The van der Waals surface area contributed by atoms with E-state index in [1.807, 2.05) is 43.3 Å². The fourth-order valence-electron chi connectivity index (χ4n) is 2.55. The molecule has 0 aliphatic carbocycles. The molecule has 7 nitrogen and oxygen atoms in total. The Labute approximate surface area is 191 Å². The van der Waals surface area contributed by atoms with Gasteiger partial charge >= 0.3 is 0 Å². The lowest BCUT2D eigenvalue weighted by Gasteiger charge is -2.13. The van der Waals surface area contributed by atoms with Crippen molar-refractivity contribution in [2.45, 2.75) is 20.0 Å². The van der Waals surface area contributed by atoms with E-state index < -0.39 is 0 Å². The summed E-state index contributed by atoms with van der Waals surface area (Å²) in [5.74, 6) is 2.46. The van der Waals surface area contributed by atoms with E-state index in [9.17, 15) is 0 Å². The molecule has 0 spiro atoms. The largest absolute Gasteiger partial charge is 0.494 e. The van der Waals surface area contributed by atoms with Crippen LogP contribution >= 0.6 is 35.6 Å². The summed E-state index contributed by atoms with van der Waals surface area (Å²) in [7, 11) is 1.71. The van der Waals surface area contributed by atoms with Crippen molar-refractivity contribution in [2.75, 3.05) is 13.7 Å². The van der Waals surface area contributed by atoms with Gasteiger partial charge in [-0.25, -0.2) is 0 Å². The highest BCUT2D eigenvalue weighted by Crippen LogP contribution is 2.19. The van der Waals surface area contributed by atoms with E-state index in [1.165, 1.54) is 0 Å². The van der Waals surface area contributed by atoms with Crippen molar-refractivity contribution < 1.29 is 9.26 Å². The molecule has 0 aliphatic heterocycles. The molecule has 0 fully saturated rings. The smallest absolute Gasteiger partial charge is 0.246 e. The number of aliphatic imine (C=N–C) groups is 1. The van der Waals surface area contributed by atoms with Crippen molar-refractivity contribution in [3.8, 4) is 17.1 Å². The number of guanidine groups is 1. The highest BCUT2D eigenvalue weighted by Gasteiger charge is 2.10. The molecule has 1 heterocycles. The highest BCUT2D eigenvalue weighted by atomic mass is 127. The second-order valence-corrected chi connectivity index (χ2v) is 6.28. The summed E-state index contributed by atoms with van der Waals surface area (Å²) in [5.41, 5.74) is 1.89. The summed E-state index contributed by atoms with van der Waals surface area (Å²) in [6, 6.07) is 15.2. The van der Waals surface area contributed by atoms with Crippen molar-refractivity contribution in [3.05, 3.63) is 65.0 Å². The molecule has 0 saturated heterocycles. The Bertz CT molecular complexity index is 931. The zero-order chi connectivity index (χ0) is 19.8. The van der Waals surface area contributed by atoms with E-state index in [1.54, 1.807) is 19.2 Å². The third kappa shape index (κ3) is 6.60. The number of benzene rings is 2. The topological polar surface area (TPSA) is 84.6 Å². The van der Waals surface area contributed by atoms with Gasteiger partial charge in [0, 0.05) is 29.7 Å². The van der Waals surface area contributed by atoms with Crippen molar-refractivity contribution in [3.63, 3.8) is 0 Å². The number of aromatic nitrogens is 2. The first-order valence-electron chi connectivity index (χ1n) is 8.93. The monoisotopic (exact) mass is 527 g/mol. The van der Waals surface area contributed by atoms with Gasteiger partial charge in [0.2, 0.25) is 11.7 Å². The molecule has 0 amide bonds. The molecule has 1 aromatic heterocycles. The van der Waals surface area contributed by atoms with Crippen molar-refractivity contribution in [1.29, 1.82) is 0 Å². The standard InChI is InChI=1S/C20H22ClN5O2.HI/c1-3-27-17-7-5-4-6-15(17)12-23-20(22-2)24-13-18-25-19(26-28-18)14-8-10-16(21)11-9-14;/h4-11H,3,12-13H2,1-2H3,(H2,22,23,24);1H. The van der Waals surface area contributed by atoms with Gasteiger partial charge in [-0.3, -0.25) is 4.99 Å². The molecule has 0 radical (unpaired) electrons. The number of nitrogens with one attached hydrogen (secondary N) is 2. The van der Waals surface area contributed by atoms with Gasteiger partial charge in [-0.2, -0.15) is 4.98 Å². The van der Waals surface area contributed by atoms with Crippen LogP contribution in [0, 0.1) is 0 Å². The maximum atomic E-state index is 5.90. The number of ether oxygens (including phenoxy) is 1. The number of rotatable bonds is 7. The average Bonchev–Trinajstić information content (AvgIpc) is 3.19. The van der Waals surface area contributed by atoms with E-state index in [2.05, 4.69) is 25.8 Å². The van der Waals surface area contributed by atoms with Gasteiger partial charge in [0.25, 0.3) is 0 Å². The van der Waals surface area contributed by atoms with Crippen LogP contribution in [0.3, 0.4) is 0 Å². The minimum Gasteiger partial charge on any atom is -0.494 e. The minimum absolute atomic E-state index is 0. The summed E-state index contributed by atoms with van der Waals surface area (Å²) < 4.78 is 10.9. The van der Waals surface area contributed by atoms with E-state index in [-0.39, 0.29) is 24.0 Å². The van der Waals surface area contributed by atoms with E-state index in [0.717, 1.165) is 16.9 Å². The second-order valence-electron chi connectivity index (χ2n) is 5.84. The Morgan fingerprint density at radius 1 is 1.10 bits per heavy atom. The van der Waals surface area contributed by atoms with Gasteiger partial charge < -0.3 is 19.9 Å². The average molecular weight is 528 g/mol. The van der Waals surface area contributed by atoms with Crippen LogP contribution in [0.1, 0.15) is 18.4 Å². The van der Waals surface area contributed by atoms with Crippen LogP contribution < -0.4 is 15.4 Å². The fourth-order valence-corrected chi connectivity index (χ4v) is 2.67. The number of hydrogen-bond donors (Lipinski definition) is 2. The van der Waals surface area contributed by atoms with Crippen LogP contribution in [0.4, 0.5) is 0 Å². The van der Waals surface area contributed by atoms with E-state index >= 15 is 0 Å². The normalized spacial score (nSPS) is 10.9. The van der Waals surface area contributed by atoms with Gasteiger partial charge in [-0.15, -0.1) is 24.0 Å². The molecule has 0 unspecified atom stereocenters. The van der Waals surface area contributed by atoms with Crippen LogP contribution in [-0.2, 0) is 13.1 Å². The predicted octanol–water partition coefficient (Wildman–Crippen LogP) is 4.27. The summed E-state index contributed by atoms with van der Waals surface area (Å²) in [4.78, 5) is 8.60. The van der Waals surface area contributed by atoms with Crippen molar-refractivity contribution in [1.82, 2.24) is 20.8 Å². The Kier molecular flexibility index (Phi) is 9.20. The van der Waals surface area contributed by atoms with Crippen LogP contribution in [0.5, 0.6) is 5.75 Å². The first-order chi connectivity index (χ1) is 13.7. The molecule has 0 saturated carbocycles. The Balaban J connectivity index is 0.00000300. The zero-order valence-corrected chi connectivity index (χ0v) is 19.3. The highest BCUT2D eigenvalue weighted by molar-refractivity contribution is 14.0. The molecule has 3 aromatic rings. The van der Waals surface area contributed by atoms with Gasteiger partial charge in [-0.1, -0.05) is 35.0 Å². The number of halogens is 2. The molecule has 2 N–H and O–H groups in total. The first-order valence-corrected chi connectivity index (χ1v) is 9.31. The lowest BCUT2D eigenvalue weighted by atomic mass is 10.2. The fraction of sp³-hybridized carbons (Fsp3) is 0.250. The van der Waals surface area contributed by atoms with Gasteiger partial charge in [-0.05, 0) is 37.3 Å². The SMILES string of the molecule is CCOc1ccccc1CNC(=NC)NCc1nc(-c2ccc(Cl)cc2)no1.I. The second kappa shape index (κ2) is 11.6. The van der Waals surface area contributed by atoms with E-state index in [4.69, 9.17) is 20.9 Å². The lowest BCUT2D eigenvalue weighted by molar-refractivity contribution is 0.336. The maximum absolute atomic E-state index is 5.90. The number of hydrogen-bond acceptors (Lipinski definition) is 5. The molecule has 29 heavy (non-hydrogen) atoms. The Hall–Kier alpha value is -2.33. The van der Waals surface area contributed by atoms with Crippen molar-refractivity contribution in [2.24, 2.45) is 4.99 Å². The molecule has 3 rings (SSSR count). The molecule has 0 bridgehead atoms. The Morgan fingerprint density at radius 3 is 2.55 bits per heavy atom. The third-order valence-corrected chi connectivity index (χ3v) is 4.17.